The fourth-order valence-electron chi connectivity index (χ4n) is 2.48. The van der Waals surface area contributed by atoms with E-state index in [1.807, 2.05) is 38.1 Å². The highest BCUT2D eigenvalue weighted by molar-refractivity contribution is 5.50. The third-order valence-electron chi connectivity index (χ3n) is 3.63. The lowest BCUT2D eigenvalue weighted by Gasteiger charge is -2.32. The van der Waals surface area contributed by atoms with E-state index in [2.05, 4.69) is 4.90 Å². The number of rotatable bonds is 5. The van der Waals surface area contributed by atoms with Crippen LogP contribution in [0.15, 0.2) is 42.5 Å². The standard InChI is InChI=1S/C17H20F2N2/c1-3-21(14-7-4-12(2)5-8-14)17(11-20)13-6-9-15(18)16(19)10-13/h4-10,17H,3,11,20H2,1-2H3. The Kier molecular flexibility index (Phi) is 4.91. The summed E-state index contributed by atoms with van der Waals surface area (Å²) in [7, 11) is 0. The van der Waals surface area contributed by atoms with Crippen LogP contribution in [0.1, 0.15) is 24.1 Å². The summed E-state index contributed by atoms with van der Waals surface area (Å²) < 4.78 is 26.6. The van der Waals surface area contributed by atoms with Crippen molar-refractivity contribution in [2.45, 2.75) is 19.9 Å². The summed E-state index contributed by atoms with van der Waals surface area (Å²) >= 11 is 0. The van der Waals surface area contributed by atoms with Crippen molar-refractivity contribution < 1.29 is 8.78 Å². The second-order valence-electron chi connectivity index (χ2n) is 5.05. The van der Waals surface area contributed by atoms with Gasteiger partial charge in [-0.1, -0.05) is 23.8 Å². The number of anilines is 1. The second kappa shape index (κ2) is 6.68. The molecule has 2 aromatic rings. The molecule has 0 aromatic heterocycles. The van der Waals surface area contributed by atoms with Crippen molar-refractivity contribution in [3.05, 3.63) is 65.2 Å². The topological polar surface area (TPSA) is 29.3 Å². The zero-order chi connectivity index (χ0) is 15.4. The lowest BCUT2D eigenvalue weighted by molar-refractivity contribution is 0.504. The Morgan fingerprint density at radius 2 is 1.71 bits per heavy atom. The van der Waals surface area contributed by atoms with Crippen molar-refractivity contribution in [1.29, 1.82) is 0 Å². The predicted molar refractivity (Wildman–Crippen MR) is 82.4 cm³/mol. The van der Waals surface area contributed by atoms with Gasteiger partial charge in [0.25, 0.3) is 0 Å². The number of benzene rings is 2. The summed E-state index contributed by atoms with van der Waals surface area (Å²) in [5.74, 6) is -1.68. The molecule has 0 aliphatic rings. The molecule has 2 nitrogen and oxygen atoms in total. The maximum atomic E-state index is 13.5. The molecule has 2 aromatic carbocycles. The van der Waals surface area contributed by atoms with E-state index in [1.165, 1.54) is 11.6 Å². The molecule has 1 atom stereocenters. The van der Waals surface area contributed by atoms with Crippen molar-refractivity contribution in [2.24, 2.45) is 5.73 Å². The van der Waals surface area contributed by atoms with Crippen LogP contribution in [-0.2, 0) is 0 Å². The summed E-state index contributed by atoms with van der Waals surface area (Å²) in [6.07, 6.45) is 0. The molecular formula is C17H20F2N2. The molecule has 0 bridgehead atoms. The smallest absolute Gasteiger partial charge is 0.159 e. The number of aryl methyl sites for hydroxylation is 1. The minimum atomic E-state index is -0.842. The molecule has 0 saturated heterocycles. The summed E-state index contributed by atoms with van der Waals surface area (Å²) in [4.78, 5) is 2.09. The Morgan fingerprint density at radius 1 is 1.05 bits per heavy atom. The molecule has 2 rings (SSSR count). The summed E-state index contributed by atoms with van der Waals surface area (Å²) in [5, 5.41) is 0. The maximum Gasteiger partial charge on any atom is 0.159 e. The van der Waals surface area contributed by atoms with Crippen LogP contribution in [0.4, 0.5) is 14.5 Å². The van der Waals surface area contributed by atoms with Gasteiger partial charge in [-0.05, 0) is 43.7 Å². The number of halogens is 2. The SMILES string of the molecule is CCN(c1ccc(C)cc1)C(CN)c1ccc(F)c(F)c1. The van der Waals surface area contributed by atoms with Crippen LogP contribution in [-0.4, -0.2) is 13.1 Å². The summed E-state index contributed by atoms with van der Waals surface area (Å²) in [6, 6.07) is 11.9. The van der Waals surface area contributed by atoms with Gasteiger partial charge in [-0.3, -0.25) is 0 Å². The Balaban J connectivity index is 2.36. The zero-order valence-electron chi connectivity index (χ0n) is 12.3. The van der Waals surface area contributed by atoms with E-state index in [0.717, 1.165) is 18.3 Å². The van der Waals surface area contributed by atoms with E-state index < -0.39 is 11.6 Å². The van der Waals surface area contributed by atoms with Gasteiger partial charge in [0.05, 0.1) is 6.04 Å². The quantitative estimate of drug-likeness (QED) is 0.907. The molecule has 0 aliphatic carbocycles. The first-order valence-electron chi connectivity index (χ1n) is 7.05. The first-order valence-corrected chi connectivity index (χ1v) is 7.05. The molecule has 0 spiro atoms. The van der Waals surface area contributed by atoms with Crippen LogP contribution < -0.4 is 10.6 Å². The molecule has 0 radical (unpaired) electrons. The molecule has 1 unspecified atom stereocenters. The van der Waals surface area contributed by atoms with Gasteiger partial charge >= 0.3 is 0 Å². The summed E-state index contributed by atoms with van der Waals surface area (Å²) in [6.45, 7) is 5.09. The lowest BCUT2D eigenvalue weighted by Crippen LogP contribution is -2.33. The van der Waals surface area contributed by atoms with E-state index in [-0.39, 0.29) is 6.04 Å². The molecule has 0 saturated carbocycles. The molecule has 4 heteroatoms. The highest BCUT2D eigenvalue weighted by Gasteiger charge is 2.19. The number of hydrogen-bond donors (Lipinski definition) is 1. The number of nitrogens with two attached hydrogens (primary N) is 1. The van der Waals surface area contributed by atoms with Gasteiger partial charge in [0.2, 0.25) is 0 Å². The first kappa shape index (κ1) is 15.4. The van der Waals surface area contributed by atoms with E-state index in [1.54, 1.807) is 6.07 Å². The van der Waals surface area contributed by atoms with Crippen molar-refractivity contribution in [3.63, 3.8) is 0 Å². The van der Waals surface area contributed by atoms with Gasteiger partial charge in [-0.15, -0.1) is 0 Å². The largest absolute Gasteiger partial charge is 0.363 e. The normalized spacial score (nSPS) is 12.2. The summed E-state index contributed by atoms with van der Waals surface area (Å²) in [5.41, 5.74) is 8.75. The van der Waals surface area contributed by atoms with E-state index in [0.29, 0.717) is 12.1 Å². The Bertz CT molecular complexity index is 596. The fraction of sp³-hybridized carbons (Fsp3) is 0.294. The van der Waals surface area contributed by atoms with E-state index in [4.69, 9.17) is 5.73 Å². The van der Waals surface area contributed by atoms with E-state index >= 15 is 0 Å². The van der Waals surface area contributed by atoms with Gasteiger partial charge in [-0.2, -0.15) is 0 Å². The third-order valence-corrected chi connectivity index (χ3v) is 3.63. The molecular weight excluding hydrogens is 270 g/mol. The number of hydrogen-bond acceptors (Lipinski definition) is 2. The van der Waals surface area contributed by atoms with Gasteiger partial charge in [-0.25, -0.2) is 8.78 Å². The molecule has 0 aliphatic heterocycles. The fourth-order valence-corrected chi connectivity index (χ4v) is 2.48. The maximum absolute atomic E-state index is 13.5. The minimum Gasteiger partial charge on any atom is -0.363 e. The van der Waals surface area contributed by atoms with Crippen LogP contribution >= 0.6 is 0 Å². The molecule has 0 amide bonds. The number of nitrogens with zero attached hydrogens (tertiary/aromatic N) is 1. The van der Waals surface area contributed by atoms with Gasteiger partial charge in [0.15, 0.2) is 11.6 Å². The Labute approximate surface area is 124 Å². The zero-order valence-corrected chi connectivity index (χ0v) is 12.3. The monoisotopic (exact) mass is 290 g/mol. The van der Waals surface area contributed by atoms with Crippen LogP contribution in [0.2, 0.25) is 0 Å². The average Bonchev–Trinajstić information content (AvgIpc) is 2.49. The Morgan fingerprint density at radius 3 is 2.24 bits per heavy atom. The van der Waals surface area contributed by atoms with Crippen LogP contribution in [0.3, 0.4) is 0 Å². The highest BCUT2D eigenvalue weighted by atomic mass is 19.2. The molecule has 0 fully saturated rings. The predicted octanol–water partition coefficient (Wildman–Crippen LogP) is 3.80. The van der Waals surface area contributed by atoms with Crippen LogP contribution in [0.5, 0.6) is 0 Å². The number of likely N-dealkylation sites (N-methyl/N-ethyl adjacent to an activating group) is 1. The van der Waals surface area contributed by atoms with Gasteiger partial charge in [0, 0.05) is 18.8 Å². The van der Waals surface area contributed by atoms with Crippen molar-refractivity contribution >= 4 is 5.69 Å². The molecule has 112 valence electrons. The molecule has 0 heterocycles. The van der Waals surface area contributed by atoms with Gasteiger partial charge in [0.1, 0.15) is 0 Å². The second-order valence-corrected chi connectivity index (χ2v) is 5.05. The van der Waals surface area contributed by atoms with Crippen molar-refractivity contribution in [2.75, 3.05) is 18.0 Å². The third kappa shape index (κ3) is 3.39. The van der Waals surface area contributed by atoms with Gasteiger partial charge < -0.3 is 10.6 Å². The minimum absolute atomic E-state index is 0.187. The van der Waals surface area contributed by atoms with E-state index in [9.17, 15) is 8.78 Å². The molecule has 2 N–H and O–H groups in total. The van der Waals surface area contributed by atoms with Crippen molar-refractivity contribution in [3.8, 4) is 0 Å². The lowest BCUT2D eigenvalue weighted by atomic mass is 10.0. The van der Waals surface area contributed by atoms with Crippen LogP contribution in [0, 0.1) is 18.6 Å². The highest BCUT2D eigenvalue weighted by Crippen LogP contribution is 2.27. The Hall–Kier alpha value is -1.94. The van der Waals surface area contributed by atoms with Crippen molar-refractivity contribution in [1.82, 2.24) is 0 Å². The van der Waals surface area contributed by atoms with Crippen LogP contribution in [0.25, 0.3) is 0 Å². The first-order chi connectivity index (χ1) is 10.1. The average molecular weight is 290 g/mol. The molecule has 21 heavy (non-hydrogen) atoms.